The molecule has 0 saturated carbocycles. The fraction of sp³-hybridized carbons (Fsp3) is 0.458. The molecule has 1 saturated heterocycles. The third kappa shape index (κ3) is 5.27. The van der Waals surface area contributed by atoms with Crippen LogP contribution in [0.25, 0.3) is 0 Å². The SMILES string of the molecule is CC[C@H](NC(=O)c1cc(S(=O)(=O)N2CCC(C)CC2)ccc1Cl)c1ccc(OC)c(C)c1. The van der Waals surface area contributed by atoms with Crippen molar-refractivity contribution in [2.24, 2.45) is 5.92 Å². The number of ether oxygens (including phenoxy) is 1. The predicted molar refractivity (Wildman–Crippen MR) is 127 cm³/mol. The van der Waals surface area contributed by atoms with E-state index in [9.17, 15) is 13.2 Å². The normalized spacial score (nSPS) is 16.5. The van der Waals surface area contributed by atoms with Crippen molar-refractivity contribution in [3.8, 4) is 5.75 Å². The number of hydrogen-bond donors (Lipinski definition) is 1. The third-order valence-corrected chi connectivity index (χ3v) is 8.32. The fourth-order valence-corrected chi connectivity index (χ4v) is 5.69. The van der Waals surface area contributed by atoms with Gasteiger partial charge in [-0.25, -0.2) is 8.42 Å². The molecule has 32 heavy (non-hydrogen) atoms. The Balaban J connectivity index is 1.84. The second-order valence-corrected chi connectivity index (χ2v) is 10.7. The lowest BCUT2D eigenvalue weighted by molar-refractivity contribution is 0.0935. The smallest absolute Gasteiger partial charge is 0.253 e. The van der Waals surface area contributed by atoms with Gasteiger partial charge in [-0.05, 0) is 67.5 Å². The summed E-state index contributed by atoms with van der Waals surface area (Å²) in [6.07, 6.45) is 2.33. The van der Waals surface area contributed by atoms with Gasteiger partial charge in [0.2, 0.25) is 10.0 Å². The summed E-state index contributed by atoms with van der Waals surface area (Å²) in [4.78, 5) is 13.2. The van der Waals surface area contributed by atoms with Crippen molar-refractivity contribution < 1.29 is 17.9 Å². The zero-order chi connectivity index (χ0) is 23.5. The van der Waals surface area contributed by atoms with Crippen LogP contribution in [0.5, 0.6) is 5.75 Å². The third-order valence-electron chi connectivity index (χ3n) is 6.10. The van der Waals surface area contributed by atoms with E-state index in [2.05, 4.69) is 12.2 Å². The van der Waals surface area contributed by atoms with Gasteiger partial charge in [-0.2, -0.15) is 4.31 Å². The van der Waals surface area contributed by atoms with Gasteiger partial charge in [-0.1, -0.05) is 37.6 Å². The van der Waals surface area contributed by atoms with Crippen LogP contribution in [-0.2, 0) is 10.0 Å². The van der Waals surface area contributed by atoms with Crippen molar-refractivity contribution in [2.45, 2.75) is 51.0 Å². The van der Waals surface area contributed by atoms with Gasteiger partial charge in [0.1, 0.15) is 5.75 Å². The Morgan fingerprint density at radius 3 is 2.50 bits per heavy atom. The number of carbonyl (C=O) groups is 1. The van der Waals surface area contributed by atoms with Crippen LogP contribution in [0.2, 0.25) is 5.02 Å². The Morgan fingerprint density at radius 1 is 1.22 bits per heavy atom. The van der Waals surface area contributed by atoms with Crippen LogP contribution in [0.1, 0.15) is 60.6 Å². The van der Waals surface area contributed by atoms with Crippen molar-refractivity contribution >= 4 is 27.5 Å². The topological polar surface area (TPSA) is 75.7 Å². The lowest BCUT2D eigenvalue weighted by Gasteiger charge is -2.29. The van der Waals surface area contributed by atoms with Gasteiger partial charge in [0, 0.05) is 13.1 Å². The first-order valence-corrected chi connectivity index (χ1v) is 12.7. The number of sulfonamides is 1. The number of carbonyl (C=O) groups excluding carboxylic acids is 1. The Morgan fingerprint density at radius 2 is 1.91 bits per heavy atom. The summed E-state index contributed by atoms with van der Waals surface area (Å²) < 4.78 is 33.0. The molecule has 6 nitrogen and oxygen atoms in total. The molecular formula is C24H31ClN2O4S. The molecule has 0 radical (unpaired) electrons. The molecule has 0 spiro atoms. The highest BCUT2D eigenvalue weighted by atomic mass is 35.5. The van der Waals surface area contributed by atoms with E-state index in [0.717, 1.165) is 29.7 Å². The van der Waals surface area contributed by atoms with Crippen molar-refractivity contribution in [1.82, 2.24) is 9.62 Å². The first-order chi connectivity index (χ1) is 15.2. The molecule has 8 heteroatoms. The highest BCUT2D eigenvalue weighted by Gasteiger charge is 2.29. The summed E-state index contributed by atoms with van der Waals surface area (Å²) in [6.45, 7) is 7.03. The van der Waals surface area contributed by atoms with Crippen molar-refractivity contribution in [2.75, 3.05) is 20.2 Å². The minimum Gasteiger partial charge on any atom is -0.496 e. The van der Waals surface area contributed by atoms with Crippen molar-refractivity contribution in [1.29, 1.82) is 0 Å². The van der Waals surface area contributed by atoms with Gasteiger partial charge in [-0.15, -0.1) is 0 Å². The van der Waals surface area contributed by atoms with E-state index < -0.39 is 15.9 Å². The summed E-state index contributed by atoms with van der Waals surface area (Å²) >= 11 is 6.30. The van der Waals surface area contributed by atoms with E-state index in [1.54, 1.807) is 7.11 Å². The molecule has 2 aromatic rings. The molecule has 0 aromatic heterocycles. The maximum absolute atomic E-state index is 13.1. The van der Waals surface area contributed by atoms with E-state index in [1.165, 1.54) is 22.5 Å². The molecule has 1 fully saturated rings. The van der Waals surface area contributed by atoms with E-state index in [1.807, 2.05) is 32.0 Å². The van der Waals surface area contributed by atoms with Crippen molar-refractivity contribution in [3.05, 3.63) is 58.1 Å². The minimum atomic E-state index is -3.68. The Labute approximate surface area is 196 Å². The van der Waals surface area contributed by atoms with Gasteiger partial charge < -0.3 is 10.1 Å². The van der Waals surface area contributed by atoms with Gasteiger partial charge in [-0.3, -0.25) is 4.79 Å². The zero-order valence-electron chi connectivity index (χ0n) is 19.0. The van der Waals surface area contributed by atoms with E-state index in [0.29, 0.717) is 25.4 Å². The van der Waals surface area contributed by atoms with E-state index in [4.69, 9.17) is 16.3 Å². The van der Waals surface area contributed by atoms with Crippen molar-refractivity contribution in [3.63, 3.8) is 0 Å². The highest BCUT2D eigenvalue weighted by Crippen LogP contribution is 2.28. The Kier molecular flexibility index (Phi) is 7.85. The van der Waals surface area contributed by atoms with Crippen LogP contribution in [0.15, 0.2) is 41.3 Å². The van der Waals surface area contributed by atoms with E-state index >= 15 is 0 Å². The average Bonchev–Trinajstić information content (AvgIpc) is 2.77. The number of nitrogens with zero attached hydrogens (tertiary/aromatic N) is 1. The molecule has 0 unspecified atom stereocenters. The summed E-state index contributed by atoms with van der Waals surface area (Å²) in [6, 6.07) is 9.86. The number of nitrogens with one attached hydrogen (secondary N) is 1. The lowest BCUT2D eigenvalue weighted by Crippen LogP contribution is -2.38. The summed E-state index contributed by atoms with van der Waals surface area (Å²) in [5, 5.41) is 3.21. The van der Waals surface area contributed by atoms with E-state index in [-0.39, 0.29) is 21.5 Å². The number of methoxy groups -OCH3 is 1. The van der Waals surface area contributed by atoms with Crippen LogP contribution >= 0.6 is 11.6 Å². The summed E-state index contributed by atoms with van der Waals surface area (Å²) in [5.74, 6) is 0.892. The molecule has 0 aliphatic carbocycles. The van der Waals surface area contributed by atoms with Gasteiger partial charge in [0.15, 0.2) is 0 Å². The second kappa shape index (κ2) is 10.2. The highest BCUT2D eigenvalue weighted by molar-refractivity contribution is 7.89. The van der Waals surface area contributed by atoms with Crippen LogP contribution in [-0.4, -0.2) is 38.8 Å². The molecule has 1 aliphatic heterocycles. The number of hydrogen-bond acceptors (Lipinski definition) is 4. The molecule has 1 N–H and O–H groups in total. The monoisotopic (exact) mass is 478 g/mol. The largest absolute Gasteiger partial charge is 0.496 e. The first kappa shape index (κ1) is 24.6. The predicted octanol–water partition coefficient (Wildman–Crippen LogP) is 4.96. The van der Waals surface area contributed by atoms with Crippen LogP contribution in [0.3, 0.4) is 0 Å². The molecule has 2 aromatic carbocycles. The summed E-state index contributed by atoms with van der Waals surface area (Å²) in [7, 11) is -2.06. The first-order valence-electron chi connectivity index (χ1n) is 10.9. The molecule has 1 aliphatic rings. The van der Waals surface area contributed by atoms with Crippen LogP contribution in [0.4, 0.5) is 0 Å². The number of piperidine rings is 1. The van der Waals surface area contributed by atoms with Gasteiger partial charge in [0.05, 0.1) is 28.6 Å². The number of aryl methyl sites for hydroxylation is 1. The lowest BCUT2D eigenvalue weighted by atomic mass is 10.0. The molecule has 174 valence electrons. The van der Waals surface area contributed by atoms with Gasteiger partial charge in [0.25, 0.3) is 5.91 Å². The molecule has 0 bridgehead atoms. The average molecular weight is 479 g/mol. The molecule has 1 amide bonds. The Bertz CT molecular complexity index is 1080. The maximum atomic E-state index is 13.1. The molecule has 1 heterocycles. The second-order valence-electron chi connectivity index (χ2n) is 8.39. The number of rotatable bonds is 7. The zero-order valence-corrected chi connectivity index (χ0v) is 20.6. The number of halogens is 1. The number of benzene rings is 2. The van der Waals surface area contributed by atoms with Crippen LogP contribution < -0.4 is 10.1 Å². The number of amides is 1. The van der Waals surface area contributed by atoms with Gasteiger partial charge >= 0.3 is 0 Å². The Hall–Kier alpha value is -2.09. The molecular weight excluding hydrogens is 448 g/mol. The minimum absolute atomic E-state index is 0.0925. The quantitative estimate of drug-likeness (QED) is 0.610. The fourth-order valence-electron chi connectivity index (χ4n) is 3.99. The molecule has 1 atom stereocenters. The van der Waals surface area contributed by atoms with Crippen LogP contribution in [0, 0.1) is 12.8 Å². The standard InChI is InChI=1S/C24H31ClN2O4S/c1-5-22(18-6-9-23(31-4)17(3)14-18)26-24(28)20-15-19(7-8-21(20)25)32(29,30)27-12-10-16(2)11-13-27/h6-9,14-16,22H,5,10-13H2,1-4H3,(H,26,28)/t22-/m0/s1. The summed E-state index contributed by atoms with van der Waals surface area (Å²) in [5.41, 5.74) is 2.07. The maximum Gasteiger partial charge on any atom is 0.253 e. The molecule has 3 rings (SSSR count).